The van der Waals surface area contributed by atoms with Gasteiger partial charge in [-0.2, -0.15) is 0 Å². The second kappa shape index (κ2) is 8.20. The number of hydrogen-bond acceptors (Lipinski definition) is 3. The Labute approximate surface area is 132 Å². The smallest absolute Gasteiger partial charge is 0.133 e. The van der Waals surface area contributed by atoms with Crippen molar-refractivity contribution in [2.24, 2.45) is 0 Å². The summed E-state index contributed by atoms with van der Waals surface area (Å²) in [4.78, 5) is 3.49. The molecular weight excluding hydrogens is 278 g/mol. The van der Waals surface area contributed by atoms with Crippen LogP contribution in [0.15, 0.2) is 41.8 Å². The van der Waals surface area contributed by atoms with Gasteiger partial charge in [-0.05, 0) is 56.1 Å². The van der Waals surface area contributed by atoms with Gasteiger partial charge in [0.15, 0.2) is 0 Å². The summed E-state index contributed by atoms with van der Waals surface area (Å²) in [7, 11) is 4.17. The number of thiophene rings is 1. The lowest BCUT2D eigenvalue weighted by Gasteiger charge is -2.19. The maximum absolute atomic E-state index is 6.28. The Hall–Kier alpha value is -1.32. The molecule has 3 heteroatoms. The topological polar surface area (TPSA) is 12.5 Å². The molecule has 0 aliphatic rings. The van der Waals surface area contributed by atoms with Crippen LogP contribution in [-0.2, 0) is 6.54 Å². The van der Waals surface area contributed by atoms with Crippen molar-refractivity contribution < 1.29 is 4.74 Å². The van der Waals surface area contributed by atoms with Gasteiger partial charge in [0.05, 0.1) is 0 Å². The maximum Gasteiger partial charge on any atom is 0.133 e. The Bertz CT molecular complexity index is 522. The second-order valence-corrected chi connectivity index (χ2v) is 6.63. The van der Waals surface area contributed by atoms with E-state index >= 15 is 0 Å². The molecule has 0 bridgehead atoms. The summed E-state index contributed by atoms with van der Waals surface area (Å²) in [6, 6.07) is 12.7. The highest BCUT2D eigenvalue weighted by Crippen LogP contribution is 2.30. The van der Waals surface area contributed by atoms with Gasteiger partial charge in [0, 0.05) is 11.4 Å². The first kappa shape index (κ1) is 16.1. The van der Waals surface area contributed by atoms with E-state index in [1.165, 1.54) is 23.3 Å². The fourth-order valence-electron chi connectivity index (χ4n) is 2.37. The predicted molar refractivity (Wildman–Crippen MR) is 91.0 cm³/mol. The summed E-state index contributed by atoms with van der Waals surface area (Å²) in [6.07, 6.45) is 3.65. The van der Waals surface area contributed by atoms with Crippen LogP contribution in [0.2, 0.25) is 0 Å². The lowest BCUT2D eigenvalue weighted by molar-refractivity contribution is 0.195. The molecule has 2 nitrogen and oxygen atoms in total. The third-order valence-corrected chi connectivity index (χ3v) is 4.32. The van der Waals surface area contributed by atoms with Gasteiger partial charge in [-0.3, -0.25) is 0 Å². The van der Waals surface area contributed by atoms with Crippen LogP contribution in [0, 0.1) is 0 Å². The van der Waals surface area contributed by atoms with E-state index in [2.05, 4.69) is 67.7 Å². The molecule has 1 aromatic heterocycles. The van der Waals surface area contributed by atoms with Crippen molar-refractivity contribution in [3.63, 3.8) is 0 Å². The van der Waals surface area contributed by atoms with E-state index < -0.39 is 0 Å². The molecule has 0 saturated carbocycles. The fraction of sp³-hybridized carbons (Fsp3) is 0.444. The number of ether oxygens (including phenoxy) is 1. The highest BCUT2D eigenvalue weighted by molar-refractivity contribution is 7.10. The van der Waals surface area contributed by atoms with Crippen LogP contribution in [-0.4, -0.2) is 19.0 Å². The van der Waals surface area contributed by atoms with Crippen LogP contribution in [0.3, 0.4) is 0 Å². The number of nitrogens with zero attached hydrogens (tertiary/aromatic N) is 1. The lowest BCUT2D eigenvalue weighted by Crippen LogP contribution is -2.11. The van der Waals surface area contributed by atoms with Gasteiger partial charge in [0.2, 0.25) is 0 Å². The molecule has 0 saturated heterocycles. The van der Waals surface area contributed by atoms with E-state index in [0.717, 1.165) is 18.7 Å². The van der Waals surface area contributed by atoms with Crippen molar-refractivity contribution in [3.8, 4) is 5.75 Å². The molecule has 114 valence electrons. The van der Waals surface area contributed by atoms with E-state index in [-0.39, 0.29) is 6.10 Å². The van der Waals surface area contributed by atoms with Crippen LogP contribution in [0.25, 0.3) is 0 Å². The van der Waals surface area contributed by atoms with Crippen molar-refractivity contribution in [1.82, 2.24) is 4.90 Å². The van der Waals surface area contributed by atoms with Gasteiger partial charge < -0.3 is 9.64 Å². The quantitative estimate of drug-likeness (QED) is 0.671. The van der Waals surface area contributed by atoms with Gasteiger partial charge in [-0.15, -0.1) is 11.3 Å². The van der Waals surface area contributed by atoms with E-state index in [4.69, 9.17) is 4.74 Å². The molecule has 2 aromatic rings. The molecule has 0 amide bonds. The van der Waals surface area contributed by atoms with Gasteiger partial charge in [0.25, 0.3) is 0 Å². The van der Waals surface area contributed by atoms with Crippen molar-refractivity contribution in [2.45, 2.75) is 38.8 Å². The zero-order chi connectivity index (χ0) is 15.1. The van der Waals surface area contributed by atoms with Gasteiger partial charge >= 0.3 is 0 Å². The fourth-order valence-corrected chi connectivity index (χ4v) is 3.16. The molecule has 1 aromatic carbocycles. The van der Waals surface area contributed by atoms with Gasteiger partial charge in [-0.1, -0.05) is 31.5 Å². The number of hydrogen-bond donors (Lipinski definition) is 0. The monoisotopic (exact) mass is 303 g/mol. The average molecular weight is 303 g/mol. The summed E-state index contributed by atoms with van der Waals surface area (Å²) < 4.78 is 6.28. The van der Waals surface area contributed by atoms with Crippen LogP contribution in [0.1, 0.15) is 42.7 Å². The molecule has 0 fully saturated rings. The largest absolute Gasteiger partial charge is 0.485 e. The van der Waals surface area contributed by atoms with E-state index in [9.17, 15) is 0 Å². The lowest BCUT2D eigenvalue weighted by atomic mass is 10.1. The van der Waals surface area contributed by atoms with E-state index in [1.807, 2.05) is 0 Å². The van der Waals surface area contributed by atoms with Crippen LogP contribution >= 0.6 is 11.3 Å². The maximum atomic E-state index is 6.28. The third-order valence-electron chi connectivity index (χ3n) is 3.36. The summed E-state index contributed by atoms with van der Waals surface area (Å²) in [5, 5.41) is 2.13. The third kappa shape index (κ3) is 5.18. The Balaban J connectivity index is 2.09. The van der Waals surface area contributed by atoms with E-state index in [0.29, 0.717) is 0 Å². The predicted octanol–water partition coefficient (Wildman–Crippen LogP) is 5.12. The Morgan fingerprint density at radius 3 is 2.71 bits per heavy atom. The Morgan fingerprint density at radius 1 is 1.19 bits per heavy atom. The molecule has 1 atom stereocenters. The molecule has 0 spiro atoms. The Kier molecular flexibility index (Phi) is 6.27. The van der Waals surface area contributed by atoms with Crippen LogP contribution in [0.4, 0.5) is 0 Å². The highest BCUT2D eigenvalue weighted by Gasteiger charge is 2.14. The summed E-state index contributed by atoms with van der Waals surface area (Å²) in [5.41, 5.74) is 1.29. The first-order chi connectivity index (χ1) is 10.2. The zero-order valence-electron chi connectivity index (χ0n) is 13.2. The van der Waals surface area contributed by atoms with Gasteiger partial charge in [0.1, 0.15) is 11.9 Å². The minimum absolute atomic E-state index is 0.180. The highest BCUT2D eigenvalue weighted by atomic mass is 32.1. The molecule has 1 heterocycles. The average Bonchev–Trinajstić information content (AvgIpc) is 2.97. The summed E-state index contributed by atoms with van der Waals surface area (Å²) in [6.45, 7) is 3.17. The molecule has 1 unspecified atom stereocenters. The van der Waals surface area contributed by atoms with E-state index in [1.54, 1.807) is 11.3 Å². The summed E-state index contributed by atoms with van der Waals surface area (Å²) in [5.74, 6) is 0.976. The van der Waals surface area contributed by atoms with Crippen LogP contribution in [0.5, 0.6) is 5.75 Å². The van der Waals surface area contributed by atoms with Crippen molar-refractivity contribution in [2.75, 3.05) is 14.1 Å². The SMILES string of the molecule is CCCCC(Oc1cccc(CN(C)C)c1)c1cccs1. The first-order valence-corrected chi connectivity index (χ1v) is 8.50. The first-order valence-electron chi connectivity index (χ1n) is 7.62. The van der Waals surface area contributed by atoms with Crippen molar-refractivity contribution in [1.29, 1.82) is 0 Å². The van der Waals surface area contributed by atoms with Crippen molar-refractivity contribution >= 4 is 11.3 Å². The number of benzene rings is 1. The molecule has 0 N–H and O–H groups in total. The minimum Gasteiger partial charge on any atom is -0.485 e. The molecule has 0 aliphatic carbocycles. The molecule has 2 rings (SSSR count). The number of unbranched alkanes of at least 4 members (excludes halogenated alkanes) is 1. The summed E-state index contributed by atoms with van der Waals surface area (Å²) >= 11 is 1.78. The molecule has 21 heavy (non-hydrogen) atoms. The Morgan fingerprint density at radius 2 is 2.05 bits per heavy atom. The minimum atomic E-state index is 0.180. The zero-order valence-corrected chi connectivity index (χ0v) is 14.0. The normalized spacial score (nSPS) is 12.6. The number of rotatable bonds is 8. The second-order valence-electron chi connectivity index (χ2n) is 5.65. The molecular formula is C18H25NOS. The van der Waals surface area contributed by atoms with Crippen LogP contribution < -0.4 is 4.74 Å². The molecule has 0 aliphatic heterocycles. The standard InChI is InChI=1S/C18H25NOS/c1-4-5-10-17(18-11-7-12-21-18)20-16-9-6-8-15(13-16)14-19(2)3/h6-9,11-13,17H,4-5,10,14H2,1-3H3. The molecule has 0 radical (unpaired) electrons. The van der Waals surface area contributed by atoms with Crippen molar-refractivity contribution in [3.05, 3.63) is 52.2 Å². The van der Waals surface area contributed by atoms with Gasteiger partial charge in [-0.25, -0.2) is 0 Å².